The number of benzene rings is 1. The van der Waals surface area contributed by atoms with Crippen molar-refractivity contribution in [3.05, 3.63) is 36.2 Å². The summed E-state index contributed by atoms with van der Waals surface area (Å²) >= 11 is 0. The molecule has 0 aliphatic heterocycles. The summed E-state index contributed by atoms with van der Waals surface area (Å²) in [5.74, 6) is -0.538. The lowest BCUT2D eigenvalue weighted by atomic mass is 10.1. The molecule has 0 N–H and O–H groups in total. The van der Waals surface area contributed by atoms with Crippen molar-refractivity contribution in [2.24, 2.45) is 0 Å². The number of hydrogen-bond donors (Lipinski definition) is 0. The minimum Gasteiger partial charge on any atom is -0.405 e. The normalized spacial score (nSPS) is 12.2. The highest BCUT2D eigenvalue weighted by atomic mass is 28.3. The third kappa shape index (κ3) is 6.30. The van der Waals surface area contributed by atoms with E-state index in [-0.39, 0.29) is 12.3 Å². The number of aromatic nitrogens is 2. The summed E-state index contributed by atoms with van der Waals surface area (Å²) in [6, 6.07) is 5.03. The van der Waals surface area contributed by atoms with E-state index in [0.29, 0.717) is 24.0 Å². The van der Waals surface area contributed by atoms with Gasteiger partial charge in [-0.3, -0.25) is 4.79 Å². The van der Waals surface area contributed by atoms with Crippen LogP contribution < -0.4 is 4.74 Å². The molecule has 0 fully saturated rings. The van der Waals surface area contributed by atoms with Gasteiger partial charge < -0.3 is 9.47 Å². The van der Waals surface area contributed by atoms with Gasteiger partial charge in [-0.05, 0) is 23.7 Å². The maximum atomic E-state index is 12.5. The molecule has 1 aromatic heterocycles. The van der Waals surface area contributed by atoms with Crippen LogP contribution in [0.5, 0.6) is 5.75 Å². The number of carbonyl (C=O) groups excluding carboxylic acids is 1. The highest BCUT2D eigenvalue weighted by Crippen LogP contribution is 2.30. The molecule has 0 saturated carbocycles. The van der Waals surface area contributed by atoms with E-state index < -0.39 is 20.2 Å². The van der Waals surface area contributed by atoms with E-state index in [0.717, 1.165) is 6.04 Å². The number of nitrogens with zero attached hydrogens (tertiary/aromatic N) is 2. The van der Waals surface area contributed by atoms with Crippen LogP contribution >= 0.6 is 0 Å². The third-order valence-corrected chi connectivity index (χ3v) is 5.26. The van der Waals surface area contributed by atoms with E-state index >= 15 is 0 Å². The van der Waals surface area contributed by atoms with E-state index in [1.54, 1.807) is 16.9 Å². The standard InChI is InChI=1S/C17H21F3N2O3Si/c1-26(2,3)7-6-24-12-22-10-15(9-21-22)13-4-5-14(11-23)16(8-13)25-17(18,19)20/h4-5,8-11H,6-7,12H2,1-3H3. The lowest BCUT2D eigenvalue weighted by Gasteiger charge is -2.15. The molecule has 5 nitrogen and oxygen atoms in total. The SMILES string of the molecule is C[Si](C)(C)CCOCn1cc(-c2ccc(C=O)c(OC(F)(F)F)c2)cn1. The molecule has 0 saturated heterocycles. The number of hydrogen-bond acceptors (Lipinski definition) is 4. The summed E-state index contributed by atoms with van der Waals surface area (Å²) in [6.07, 6.45) is -1.36. The maximum Gasteiger partial charge on any atom is 0.573 e. The fourth-order valence-corrected chi connectivity index (χ4v) is 2.90. The van der Waals surface area contributed by atoms with Crippen molar-refractivity contribution in [3.63, 3.8) is 0 Å². The largest absolute Gasteiger partial charge is 0.573 e. The molecule has 2 rings (SSSR count). The fourth-order valence-electron chi connectivity index (χ4n) is 2.14. The first kappa shape index (κ1) is 20.2. The minimum atomic E-state index is -4.87. The van der Waals surface area contributed by atoms with E-state index in [4.69, 9.17) is 4.74 Å². The quantitative estimate of drug-likeness (QED) is 0.379. The van der Waals surface area contributed by atoms with Crippen LogP contribution in [0.25, 0.3) is 11.1 Å². The van der Waals surface area contributed by atoms with Gasteiger partial charge in [0.1, 0.15) is 12.5 Å². The van der Waals surface area contributed by atoms with Crippen molar-refractivity contribution < 1.29 is 27.4 Å². The topological polar surface area (TPSA) is 53.4 Å². The molecule has 26 heavy (non-hydrogen) atoms. The Kier molecular flexibility index (Phi) is 6.24. The highest BCUT2D eigenvalue weighted by molar-refractivity contribution is 6.76. The second-order valence-electron chi connectivity index (χ2n) is 7.03. The average molecular weight is 386 g/mol. The second kappa shape index (κ2) is 8.04. The fraction of sp³-hybridized carbons (Fsp3) is 0.412. The van der Waals surface area contributed by atoms with Crippen molar-refractivity contribution in [1.82, 2.24) is 9.78 Å². The zero-order valence-electron chi connectivity index (χ0n) is 14.8. The molecule has 0 spiro atoms. The minimum absolute atomic E-state index is 0.173. The molecule has 9 heteroatoms. The summed E-state index contributed by atoms with van der Waals surface area (Å²) in [5.41, 5.74) is 0.889. The molecular weight excluding hydrogens is 365 g/mol. The predicted molar refractivity (Wildman–Crippen MR) is 93.8 cm³/mol. The van der Waals surface area contributed by atoms with Crippen molar-refractivity contribution >= 4 is 14.4 Å². The molecule has 0 aliphatic rings. The lowest BCUT2D eigenvalue weighted by molar-refractivity contribution is -0.274. The van der Waals surface area contributed by atoms with Crippen LogP contribution in [0.3, 0.4) is 0 Å². The van der Waals surface area contributed by atoms with Gasteiger partial charge in [-0.2, -0.15) is 5.10 Å². The average Bonchev–Trinajstić information content (AvgIpc) is 2.98. The van der Waals surface area contributed by atoms with Crippen LogP contribution in [0, 0.1) is 0 Å². The van der Waals surface area contributed by atoms with Gasteiger partial charge in [0.15, 0.2) is 6.29 Å². The van der Waals surface area contributed by atoms with Crippen LogP contribution in [0.15, 0.2) is 30.6 Å². The van der Waals surface area contributed by atoms with Crippen LogP contribution in [-0.4, -0.2) is 37.1 Å². The van der Waals surface area contributed by atoms with Gasteiger partial charge in [0.25, 0.3) is 0 Å². The summed E-state index contributed by atoms with van der Waals surface area (Å²) in [5, 5.41) is 4.14. The summed E-state index contributed by atoms with van der Waals surface area (Å²) in [4.78, 5) is 10.9. The Morgan fingerprint density at radius 3 is 2.58 bits per heavy atom. The highest BCUT2D eigenvalue weighted by Gasteiger charge is 2.32. The van der Waals surface area contributed by atoms with Crippen molar-refractivity contribution in [2.45, 2.75) is 38.8 Å². The van der Waals surface area contributed by atoms with Crippen LogP contribution in [-0.2, 0) is 11.5 Å². The first-order valence-electron chi connectivity index (χ1n) is 8.03. The molecule has 142 valence electrons. The van der Waals surface area contributed by atoms with Gasteiger partial charge in [0.2, 0.25) is 0 Å². The Balaban J connectivity index is 2.08. The lowest BCUT2D eigenvalue weighted by Crippen LogP contribution is -2.22. The molecular formula is C17H21F3N2O3Si. The molecule has 0 bridgehead atoms. The first-order chi connectivity index (χ1) is 12.1. The number of halogens is 3. The third-order valence-electron chi connectivity index (χ3n) is 3.55. The number of alkyl halides is 3. The van der Waals surface area contributed by atoms with Crippen LogP contribution in [0.2, 0.25) is 25.7 Å². The van der Waals surface area contributed by atoms with Gasteiger partial charge in [0, 0.05) is 26.4 Å². The smallest absolute Gasteiger partial charge is 0.405 e. The Labute approximate surface area is 150 Å². The maximum absolute atomic E-state index is 12.5. The molecule has 0 amide bonds. The number of rotatable bonds is 8. The van der Waals surface area contributed by atoms with Crippen molar-refractivity contribution in [3.8, 4) is 16.9 Å². The molecule has 0 atom stereocenters. The zero-order valence-corrected chi connectivity index (χ0v) is 15.8. The molecule has 0 radical (unpaired) electrons. The summed E-state index contributed by atoms with van der Waals surface area (Å²) in [7, 11) is -1.17. The van der Waals surface area contributed by atoms with Gasteiger partial charge >= 0.3 is 6.36 Å². The van der Waals surface area contributed by atoms with E-state index in [2.05, 4.69) is 29.5 Å². The molecule has 2 aromatic rings. The van der Waals surface area contributed by atoms with Gasteiger partial charge in [-0.25, -0.2) is 4.68 Å². The molecule has 0 aliphatic carbocycles. The summed E-state index contributed by atoms with van der Waals surface area (Å²) in [6.45, 7) is 7.68. The Hall–Kier alpha value is -2.13. The van der Waals surface area contributed by atoms with Gasteiger partial charge in [-0.1, -0.05) is 25.7 Å². The van der Waals surface area contributed by atoms with Crippen molar-refractivity contribution in [2.75, 3.05) is 6.61 Å². The zero-order chi connectivity index (χ0) is 19.4. The van der Waals surface area contributed by atoms with Crippen LogP contribution in [0.4, 0.5) is 13.2 Å². The molecule has 1 aromatic carbocycles. The van der Waals surface area contributed by atoms with Crippen molar-refractivity contribution in [1.29, 1.82) is 0 Å². The number of ether oxygens (including phenoxy) is 2. The van der Waals surface area contributed by atoms with E-state index in [9.17, 15) is 18.0 Å². The van der Waals surface area contributed by atoms with Crippen LogP contribution in [0.1, 0.15) is 10.4 Å². The predicted octanol–water partition coefficient (Wildman–Crippen LogP) is 4.57. The Morgan fingerprint density at radius 1 is 1.23 bits per heavy atom. The number of aldehydes is 1. The molecule has 0 unspecified atom stereocenters. The monoisotopic (exact) mass is 386 g/mol. The van der Waals surface area contributed by atoms with E-state index in [1.165, 1.54) is 18.3 Å². The molecule has 1 heterocycles. The Morgan fingerprint density at radius 2 is 1.96 bits per heavy atom. The number of carbonyl (C=O) groups is 1. The second-order valence-corrected chi connectivity index (χ2v) is 12.7. The first-order valence-corrected chi connectivity index (χ1v) is 11.7. The summed E-state index contributed by atoms with van der Waals surface area (Å²) < 4.78 is 48.5. The van der Waals surface area contributed by atoms with Gasteiger partial charge in [0.05, 0.1) is 11.8 Å². The Bertz CT molecular complexity index is 754. The van der Waals surface area contributed by atoms with E-state index in [1.807, 2.05) is 0 Å². The van der Waals surface area contributed by atoms with Gasteiger partial charge in [-0.15, -0.1) is 13.2 Å².